The van der Waals surface area contributed by atoms with Gasteiger partial charge in [-0.2, -0.15) is 0 Å². The summed E-state index contributed by atoms with van der Waals surface area (Å²) in [4.78, 5) is 25.0. The van der Waals surface area contributed by atoms with Crippen LogP contribution >= 0.6 is 0 Å². The van der Waals surface area contributed by atoms with E-state index in [1.165, 1.54) is 5.56 Å². The molecule has 1 fully saturated rings. The molecule has 6 heteroatoms. The highest BCUT2D eigenvalue weighted by Gasteiger charge is 2.21. The molecule has 0 spiro atoms. The maximum atomic E-state index is 12.4. The van der Waals surface area contributed by atoms with E-state index < -0.39 is 0 Å². The predicted octanol–water partition coefficient (Wildman–Crippen LogP) is 2.86. The van der Waals surface area contributed by atoms with Crippen LogP contribution in [0.15, 0.2) is 36.7 Å². The number of anilines is 1. The molecule has 144 valence electrons. The average Bonchev–Trinajstić information content (AvgIpc) is 2.71. The Kier molecular flexibility index (Phi) is 6.63. The van der Waals surface area contributed by atoms with Crippen molar-refractivity contribution in [3.8, 4) is 5.75 Å². The van der Waals surface area contributed by atoms with E-state index in [0.29, 0.717) is 13.0 Å². The van der Waals surface area contributed by atoms with E-state index in [1.54, 1.807) is 6.33 Å². The van der Waals surface area contributed by atoms with Crippen LogP contribution in [0.3, 0.4) is 0 Å². The van der Waals surface area contributed by atoms with Gasteiger partial charge in [0.2, 0.25) is 5.91 Å². The molecule has 0 bridgehead atoms. The molecular formula is C21H28N4O2. The summed E-state index contributed by atoms with van der Waals surface area (Å²) < 4.78 is 5.74. The number of carbonyl (C=O) groups is 1. The van der Waals surface area contributed by atoms with Crippen LogP contribution < -0.4 is 9.64 Å². The molecule has 1 aromatic carbocycles. The first-order valence-corrected chi connectivity index (χ1v) is 9.69. The van der Waals surface area contributed by atoms with Gasteiger partial charge in [-0.3, -0.25) is 4.79 Å². The Bertz CT molecular complexity index is 740. The van der Waals surface area contributed by atoms with E-state index in [1.807, 2.05) is 30.0 Å². The molecule has 6 nitrogen and oxygen atoms in total. The first kappa shape index (κ1) is 19.1. The van der Waals surface area contributed by atoms with Crippen molar-refractivity contribution < 1.29 is 9.53 Å². The lowest BCUT2D eigenvalue weighted by molar-refractivity contribution is -0.131. The van der Waals surface area contributed by atoms with Gasteiger partial charge in [-0.25, -0.2) is 9.97 Å². The highest BCUT2D eigenvalue weighted by Crippen LogP contribution is 2.15. The lowest BCUT2D eigenvalue weighted by Gasteiger charge is -2.35. The molecule has 27 heavy (non-hydrogen) atoms. The molecule has 0 aliphatic carbocycles. The number of hydrogen-bond donors (Lipinski definition) is 0. The standard InChI is InChI=1S/C21H28N4O2/c1-3-18-6-8-19(9-7-18)27-14-4-5-21(26)25-12-10-24(11-13-25)20-15-17(2)22-16-23-20/h6-9,15-16H,3-5,10-14H2,1-2H3. The number of amides is 1. The van der Waals surface area contributed by atoms with Gasteiger partial charge in [0.1, 0.15) is 17.9 Å². The zero-order valence-corrected chi connectivity index (χ0v) is 16.2. The molecule has 0 radical (unpaired) electrons. The van der Waals surface area contributed by atoms with E-state index in [-0.39, 0.29) is 5.91 Å². The van der Waals surface area contributed by atoms with Crippen LogP contribution in [0.4, 0.5) is 5.82 Å². The van der Waals surface area contributed by atoms with Gasteiger partial charge in [0.15, 0.2) is 0 Å². The van der Waals surface area contributed by atoms with Gasteiger partial charge in [-0.1, -0.05) is 19.1 Å². The Morgan fingerprint density at radius 1 is 1.11 bits per heavy atom. The number of ether oxygens (including phenoxy) is 1. The quantitative estimate of drug-likeness (QED) is 0.704. The Hall–Kier alpha value is -2.63. The van der Waals surface area contributed by atoms with Gasteiger partial charge in [-0.05, 0) is 37.5 Å². The van der Waals surface area contributed by atoms with Crippen molar-refractivity contribution >= 4 is 11.7 Å². The van der Waals surface area contributed by atoms with Gasteiger partial charge >= 0.3 is 0 Å². The predicted molar refractivity (Wildman–Crippen MR) is 106 cm³/mol. The highest BCUT2D eigenvalue weighted by atomic mass is 16.5. The van der Waals surface area contributed by atoms with Crippen LogP contribution in [0.5, 0.6) is 5.75 Å². The molecule has 1 aromatic heterocycles. The fourth-order valence-electron chi connectivity index (χ4n) is 3.19. The Morgan fingerprint density at radius 3 is 2.52 bits per heavy atom. The Morgan fingerprint density at radius 2 is 1.85 bits per heavy atom. The van der Waals surface area contributed by atoms with Gasteiger partial charge in [-0.15, -0.1) is 0 Å². The smallest absolute Gasteiger partial charge is 0.222 e. The summed E-state index contributed by atoms with van der Waals surface area (Å²) in [5, 5.41) is 0. The first-order chi connectivity index (χ1) is 13.2. The largest absolute Gasteiger partial charge is 0.494 e. The maximum Gasteiger partial charge on any atom is 0.222 e. The third-order valence-corrected chi connectivity index (χ3v) is 4.88. The number of rotatable bonds is 7. The minimum Gasteiger partial charge on any atom is -0.494 e. The minimum absolute atomic E-state index is 0.207. The fourth-order valence-corrected chi connectivity index (χ4v) is 3.19. The zero-order valence-electron chi connectivity index (χ0n) is 16.2. The lowest BCUT2D eigenvalue weighted by Crippen LogP contribution is -2.49. The second-order valence-electron chi connectivity index (χ2n) is 6.83. The number of hydrogen-bond acceptors (Lipinski definition) is 5. The second-order valence-corrected chi connectivity index (χ2v) is 6.83. The van der Waals surface area contributed by atoms with E-state index in [0.717, 1.165) is 56.3 Å². The number of nitrogens with zero attached hydrogens (tertiary/aromatic N) is 4. The first-order valence-electron chi connectivity index (χ1n) is 9.69. The molecule has 0 N–H and O–H groups in total. The minimum atomic E-state index is 0.207. The number of piperazine rings is 1. The van der Waals surface area contributed by atoms with Crippen LogP contribution in [-0.2, 0) is 11.2 Å². The molecule has 0 saturated carbocycles. The third kappa shape index (κ3) is 5.42. The van der Waals surface area contributed by atoms with Crippen molar-refractivity contribution in [3.63, 3.8) is 0 Å². The van der Waals surface area contributed by atoms with E-state index in [4.69, 9.17) is 4.74 Å². The van der Waals surface area contributed by atoms with Crippen molar-refractivity contribution in [3.05, 3.63) is 47.9 Å². The highest BCUT2D eigenvalue weighted by molar-refractivity contribution is 5.76. The van der Waals surface area contributed by atoms with Crippen LogP contribution in [0, 0.1) is 6.92 Å². The van der Waals surface area contributed by atoms with Gasteiger partial charge in [0, 0.05) is 44.4 Å². The summed E-state index contributed by atoms with van der Waals surface area (Å²) in [7, 11) is 0. The van der Waals surface area contributed by atoms with E-state index in [9.17, 15) is 4.79 Å². The number of benzene rings is 1. The molecule has 0 unspecified atom stereocenters. The SMILES string of the molecule is CCc1ccc(OCCCC(=O)N2CCN(c3cc(C)ncn3)CC2)cc1. The molecular weight excluding hydrogens is 340 g/mol. The van der Waals surface area contributed by atoms with Crippen LogP contribution in [-0.4, -0.2) is 53.6 Å². The van der Waals surface area contributed by atoms with Crippen LogP contribution in [0.25, 0.3) is 0 Å². The Labute approximate surface area is 161 Å². The van der Waals surface area contributed by atoms with E-state index in [2.05, 4.69) is 33.9 Å². The molecule has 1 aliphatic heterocycles. The summed E-state index contributed by atoms with van der Waals surface area (Å²) in [5.41, 5.74) is 2.26. The van der Waals surface area contributed by atoms with Crippen LogP contribution in [0.2, 0.25) is 0 Å². The van der Waals surface area contributed by atoms with Crippen molar-refractivity contribution in [1.29, 1.82) is 0 Å². The topological polar surface area (TPSA) is 58.6 Å². The molecule has 3 rings (SSSR count). The molecule has 1 saturated heterocycles. The summed E-state index contributed by atoms with van der Waals surface area (Å²) in [6, 6.07) is 10.1. The molecule has 2 heterocycles. The van der Waals surface area contributed by atoms with Crippen molar-refractivity contribution in [2.75, 3.05) is 37.7 Å². The maximum absolute atomic E-state index is 12.4. The van der Waals surface area contributed by atoms with Crippen LogP contribution in [0.1, 0.15) is 31.0 Å². The Balaban J connectivity index is 1.36. The van der Waals surface area contributed by atoms with Gasteiger partial charge in [0.05, 0.1) is 6.61 Å². The number of aryl methyl sites for hydroxylation is 2. The number of carbonyl (C=O) groups excluding carboxylic acids is 1. The molecule has 0 atom stereocenters. The zero-order chi connectivity index (χ0) is 19.1. The molecule has 1 amide bonds. The van der Waals surface area contributed by atoms with Crippen molar-refractivity contribution in [1.82, 2.24) is 14.9 Å². The summed E-state index contributed by atoms with van der Waals surface area (Å²) >= 11 is 0. The third-order valence-electron chi connectivity index (χ3n) is 4.88. The second kappa shape index (κ2) is 9.35. The monoisotopic (exact) mass is 368 g/mol. The molecule has 2 aromatic rings. The fraction of sp³-hybridized carbons (Fsp3) is 0.476. The number of aromatic nitrogens is 2. The summed E-state index contributed by atoms with van der Waals surface area (Å²) in [6.45, 7) is 7.76. The summed E-state index contributed by atoms with van der Waals surface area (Å²) in [6.07, 6.45) is 3.89. The van der Waals surface area contributed by atoms with Crippen molar-refractivity contribution in [2.24, 2.45) is 0 Å². The van der Waals surface area contributed by atoms with E-state index >= 15 is 0 Å². The molecule has 1 aliphatic rings. The van der Waals surface area contributed by atoms with Crippen molar-refractivity contribution in [2.45, 2.75) is 33.1 Å². The lowest BCUT2D eigenvalue weighted by atomic mass is 10.2. The average molecular weight is 368 g/mol. The van der Waals surface area contributed by atoms with Gasteiger partial charge in [0.25, 0.3) is 0 Å². The van der Waals surface area contributed by atoms with Gasteiger partial charge < -0.3 is 14.5 Å². The normalized spacial score (nSPS) is 14.3. The summed E-state index contributed by atoms with van der Waals surface area (Å²) in [5.74, 6) is 2.02.